The number of hydrogen-bond donors (Lipinski definition) is 4. The van der Waals surface area contributed by atoms with E-state index in [0.29, 0.717) is 6.42 Å². The van der Waals surface area contributed by atoms with Crippen LogP contribution < -0.4 is 0 Å². The molecule has 0 aromatic carbocycles. The van der Waals surface area contributed by atoms with Crippen molar-refractivity contribution in [3.05, 3.63) is 11.6 Å². The average Bonchev–Trinajstić information content (AvgIpc) is 2.32. The van der Waals surface area contributed by atoms with Gasteiger partial charge < -0.3 is 20.4 Å². The molecule has 5 heteroatoms. The lowest BCUT2D eigenvalue weighted by Gasteiger charge is -2.59. The molecule has 0 saturated heterocycles. The van der Waals surface area contributed by atoms with Gasteiger partial charge in [0.25, 0.3) is 0 Å². The van der Waals surface area contributed by atoms with Gasteiger partial charge in [0.1, 0.15) is 0 Å². The van der Waals surface area contributed by atoms with Gasteiger partial charge in [0, 0.05) is 11.3 Å². The summed E-state index contributed by atoms with van der Waals surface area (Å²) >= 11 is 0. The van der Waals surface area contributed by atoms with Crippen molar-refractivity contribution in [2.75, 3.05) is 6.61 Å². The Hall–Kier alpha value is -0.910. The number of aliphatic hydroxyl groups is 3. The van der Waals surface area contributed by atoms with Crippen LogP contribution in [0.4, 0.5) is 0 Å². The van der Waals surface area contributed by atoms with Gasteiger partial charge in [-0.25, -0.2) is 4.79 Å². The van der Waals surface area contributed by atoms with Crippen molar-refractivity contribution in [3.8, 4) is 0 Å². The molecule has 1 fully saturated rings. The van der Waals surface area contributed by atoms with E-state index in [2.05, 4.69) is 0 Å². The molecule has 0 heterocycles. The van der Waals surface area contributed by atoms with Crippen LogP contribution in [0.2, 0.25) is 0 Å². The lowest BCUT2D eigenvalue weighted by molar-refractivity contribution is -0.199. The van der Waals surface area contributed by atoms with Crippen molar-refractivity contribution in [2.45, 2.75) is 51.7 Å². The molecule has 2 aliphatic carbocycles. The van der Waals surface area contributed by atoms with E-state index in [1.165, 1.54) is 6.08 Å². The summed E-state index contributed by atoms with van der Waals surface area (Å²) in [5, 5.41) is 40.3. The first-order chi connectivity index (χ1) is 9.11. The first-order valence-electron chi connectivity index (χ1n) is 7.07. The van der Waals surface area contributed by atoms with Crippen molar-refractivity contribution in [1.82, 2.24) is 0 Å². The summed E-state index contributed by atoms with van der Waals surface area (Å²) < 4.78 is 0. The Balaban J connectivity index is 2.67. The van der Waals surface area contributed by atoms with E-state index >= 15 is 0 Å². The molecule has 0 aromatic rings. The fourth-order valence-corrected chi connectivity index (χ4v) is 4.67. The van der Waals surface area contributed by atoms with Gasteiger partial charge in [-0.15, -0.1) is 0 Å². The predicted molar refractivity (Wildman–Crippen MR) is 73.0 cm³/mol. The lowest BCUT2D eigenvalue weighted by atomic mass is 9.46. The Bertz CT molecular complexity index is 455. The minimum atomic E-state index is -2.12. The summed E-state index contributed by atoms with van der Waals surface area (Å²) in [6.07, 6.45) is 2.66. The molecule has 0 spiro atoms. The minimum absolute atomic E-state index is 0.00560. The van der Waals surface area contributed by atoms with E-state index in [1.807, 2.05) is 13.8 Å². The first-order valence-corrected chi connectivity index (χ1v) is 7.07. The van der Waals surface area contributed by atoms with Crippen LogP contribution in [0.15, 0.2) is 11.6 Å². The van der Waals surface area contributed by atoms with Crippen molar-refractivity contribution >= 4 is 5.97 Å². The molecular weight excluding hydrogens is 260 g/mol. The molecule has 20 heavy (non-hydrogen) atoms. The molecule has 0 aliphatic heterocycles. The van der Waals surface area contributed by atoms with Crippen LogP contribution in [0.1, 0.15) is 40.0 Å². The maximum Gasteiger partial charge on any atom is 0.340 e. The highest BCUT2D eigenvalue weighted by molar-refractivity contribution is 5.83. The number of aliphatic hydroxyl groups excluding tert-OH is 2. The maximum absolute atomic E-state index is 11.7. The molecule has 0 bridgehead atoms. The van der Waals surface area contributed by atoms with Gasteiger partial charge in [0.05, 0.1) is 12.7 Å². The highest BCUT2D eigenvalue weighted by Crippen LogP contribution is 2.61. The quantitative estimate of drug-likeness (QED) is 0.565. The Morgan fingerprint density at radius 1 is 1.35 bits per heavy atom. The topological polar surface area (TPSA) is 98.0 Å². The zero-order valence-corrected chi connectivity index (χ0v) is 12.3. The summed E-state index contributed by atoms with van der Waals surface area (Å²) in [7, 11) is 0. The molecule has 2 rings (SSSR count). The lowest BCUT2D eigenvalue weighted by Crippen LogP contribution is -2.66. The molecule has 0 unspecified atom stereocenters. The SMILES string of the molecule is CC1(C)CCC[C@]2(C)[C@H]1[C@H](O)C=C(CO)[C@]2(O)C(=O)O. The third kappa shape index (κ3) is 1.76. The Kier molecular flexibility index (Phi) is 3.52. The van der Waals surface area contributed by atoms with Gasteiger partial charge >= 0.3 is 5.97 Å². The Morgan fingerprint density at radius 2 is 1.95 bits per heavy atom. The van der Waals surface area contributed by atoms with Gasteiger partial charge in [-0.05, 0) is 23.8 Å². The normalized spacial score (nSPS) is 43.6. The standard InChI is InChI=1S/C15H24O5/c1-13(2)5-4-6-14(3)11(13)10(17)7-9(8-16)15(14,20)12(18)19/h7,10-11,16-17,20H,4-6,8H2,1-3H3,(H,18,19)/t10-,11+,14-,15+/m1/s1. The Labute approximate surface area is 118 Å². The zero-order valence-electron chi connectivity index (χ0n) is 12.3. The van der Waals surface area contributed by atoms with Gasteiger partial charge in [-0.3, -0.25) is 0 Å². The van der Waals surface area contributed by atoms with Crippen molar-refractivity contribution in [2.24, 2.45) is 16.7 Å². The third-order valence-electron chi connectivity index (χ3n) is 5.53. The molecule has 0 amide bonds. The number of aliphatic carboxylic acids is 1. The van der Waals surface area contributed by atoms with Gasteiger partial charge in [-0.1, -0.05) is 33.3 Å². The number of fused-ring (bicyclic) bond motifs is 1. The van der Waals surface area contributed by atoms with Crippen molar-refractivity contribution in [1.29, 1.82) is 0 Å². The molecule has 4 atom stereocenters. The molecule has 5 nitrogen and oxygen atoms in total. The van der Waals surface area contributed by atoms with E-state index in [9.17, 15) is 25.2 Å². The molecule has 114 valence electrons. The molecule has 2 aliphatic rings. The van der Waals surface area contributed by atoms with Crippen LogP contribution in [0.5, 0.6) is 0 Å². The monoisotopic (exact) mass is 284 g/mol. The van der Waals surface area contributed by atoms with E-state index in [1.54, 1.807) is 6.92 Å². The fraction of sp³-hybridized carbons (Fsp3) is 0.800. The van der Waals surface area contributed by atoms with Crippen LogP contribution >= 0.6 is 0 Å². The first kappa shape index (κ1) is 15.5. The number of carboxylic acids is 1. The van der Waals surface area contributed by atoms with Crippen LogP contribution in [-0.2, 0) is 4.79 Å². The van der Waals surface area contributed by atoms with E-state index in [4.69, 9.17) is 0 Å². The summed E-state index contributed by atoms with van der Waals surface area (Å²) in [5.74, 6) is -1.71. The van der Waals surface area contributed by atoms with E-state index in [0.717, 1.165) is 12.8 Å². The summed E-state index contributed by atoms with van der Waals surface area (Å²) in [4.78, 5) is 11.7. The zero-order chi connectivity index (χ0) is 15.3. The second-order valence-corrected chi connectivity index (χ2v) is 7.09. The van der Waals surface area contributed by atoms with Crippen molar-refractivity contribution in [3.63, 3.8) is 0 Å². The highest BCUT2D eigenvalue weighted by atomic mass is 16.4. The van der Waals surface area contributed by atoms with Gasteiger partial charge in [0.2, 0.25) is 0 Å². The van der Waals surface area contributed by atoms with Crippen LogP contribution in [0.25, 0.3) is 0 Å². The fourth-order valence-electron chi connectivity index (χ4n) is 4.67. The highest BCUT2D eigenvalue weighted by Gasteiger charge is 2.66. The molecule has 0 radical (unpaired) electrons. The maximum atomic E-state index is 11.7. The minimum Gasteiger partial charge on any atom is -0.479 e. The second kappa shape index (κ2) is 4.55. The van der Waals surface area contributed by atoms with Gasteiger partial charge in [0.15, 0.2) is 5.60 Å². The summed E-state index contributed by atoms with van der Waals surface area (Å²) in [5.41, 5.74) is -3.39. The number of hydrogen-bond acceptors (Lipinski definition) is 4. The van der Waals surface area contributed by atoms with E-state index in [-0.39, 0.29) is 16.9 Å². The van der Waals surface area contributed by atoms with Gasteiger partial charge in [-0.2, -0.15) is 0 Å². The largest absolute Gasteiger partial charge is 0.479 e. The Morgan fingerprint density at radius 3 is 2.45 bits per heavy atom. The van der Waals surface area contributed by atoms with Crippen LogP contribution in [0.3, 0.4) is 0 Å². The van der Waals surface area contributed by atoms with Crippen LogP contribution in [0, 0.1) is 16.7 Å². The van der Waals surface area contributed by atoms with E-state index < -0.39 is 29.7 Å². The number of rotatable bonds is 2. The predicted octanol–water partition coefficient (Wildman–Crippen LogP) is 0.928. The summed E-state index contributed by atoms with van der Waals surface area (Å²) in [6, 6.07) is 0. The number of carboxylic acid groups (broad SMARTS) is 1. The molecule has 0 aromatic heterocycles. The average molecular weight is 284 g/mol. The second-order valence-electron chi connectivity index (χ2n) is 7.09. The number of carbonyl (C=O) groups is 1. The van der Waals surface area contributed by atoms with Crippen molar-refractivity contribution < 1.29 is 25.2 Å². The molecule has 4 N–H and O–H groups in total. The smallest absolute Gasteiger partial charge is 0.340 e. The molecular formula is C15H24O5. The molecule has 1 saturated carbocycles. The summed E-state index contributed by atoms with van der Waals surface area (Å²) in [6.45, 7) is 5.15. The van der Waals surface area contributed by atoms with Crippen LogP contribution in [-0.4, -0.2) is 44.7 Å². The third-order valence-corrected chi connectivity index (χ3v) is 5.53.